The molecule has 2 fully saturated rings. The van der Waals surface area contributed by atoms with Crippen LogP contribution in [0.3, 0.4) is 0 Å². The van der Waals surface area contributed by atoms with Crippen LogP contribution in [-0.2, 0) is 30.3 Å². The summed E-state index contributed by atoms with van der Waals surface area (Å²) in [5.41, 5.74) is 1.48. The van der Waals surface area contributed by atoms with Gasteiger partial charge in [0.2, 0.25) is 11.7 Å². The minimum atomic E-state index is -0.849. The van der Waals surface area contributed by atoms with Crippen LogP contribution in [0.4, 0.5) is 5.69 Å². The second kappa shape index (κ2) is 16.9. The van der Waals surface area contributed by atoms with Gasteiger partial charge in [-0.05, 0) is 81.0 Å². The summed E-state index contributed by atoms with van der Waals surface area (Å²) in [5, 5.41) is 3.01. The molecule has 0 aromatic heterocycles. The van der Waals surface area contributed by atoms with Gasteiger partial charge in [0.05, 0.1) is 20.8 Å². The summed E-state index contributed by atoms with van der Waals surface area (Å²) < 4.78 is 17.1. The lowest BCUT2D eigenvalue weighted by Gasteiger charge is -2.36. The molecule has 0 saturated carbocycles. The first-order valence-corrected chi connectivity index (χ1v) is 17.0. The van der Waals surface area contributed by atoms with Crippen LogP contribution < -0.4 is 14.8 Å². The second-order valence-electron chi connectivity index (χ2n) is 13.5. The lowest BCUT2D eigenvalue weighted by molar-refractivity contribution is -0.164. The number of ketones is 1. The van der Waals surface area contributed by atoms with E-state index in [1.165, 1.54) is 4.90 Å². The van der Waals surface area contributed by atoms with E-state index < -0.39 is 35.2 Å². The minimum Gasteiger partial charge on any atom is -0.493 e. The second-order valence-corrected chi connectivity index (χ2v) is 13.5. The first-order valence-electron chi connectivity index (χ1n) is 17.0. The zero-order valence-electron chi connectivity index (χ0n) is 29.4. The molecule has 2 aromatic carbocycles. The molecule has 11 nitrogen and oxygen atoms in total. The van der Waals surface area contributed by atoms with E-state index in [4.69, 9.17) is 14.2 Å². The van der Waals surface area contributed by atoms with E-state index in [1.807, 2.05) is 49.4 Å². The van der Waals surface area contributed by atoms with Crippen molar-refractivity contribution < 1.29 is 33.4 Å². The molecule has 262 valence electrons. The summed E-state index contributed by atoms with van der Waals surface area (Å²) in [6, 6.07) is 12.2. The van der Waals surface area contributed by atoms with Crippen molar-refractivity contribution in [1.29, 1.82) is 0 Å². The molecular formula is C37H52N4O7. The smallest absolute Gasteiger partial charge is 0.329 e. The largest absolute Gasteiger partial charge is 0.493 e. The van der Waals surface area contributed by atoms with Gasteiger partial charge in [-0.3, -0.25) is 19.3 Å². The fourth-order valence-corrected chi connectivity index (χ4v) is 6.07. The van der Waals surface area contributed by atoms with E-state index in [1.54, 1.807) is 28.1 Å². The third-order valence-electron chi connectivity index (χ3n) is 9.64. The molecule has 2 heterocycles. The van der Waals surface area contributed by atoms with Crippen molar-refractivity contribution in [1.82, 2.24) is 14.7 Å². The predicted octanol–water partition coefficient (Wildman–Crippen LogP) is 4.49. The Morgan fingerprint density at radius 2 is 1.67 bits per heavy atom. The van der Waals surface area contributed by atoms with Crippen LogP contribution in [0, 0.1) is 5.41 Å². The average Bonchev–Trinajstić information content (AvgIpc) is 3.10. The molecule has 2 amide bonds. The van der Waals surface area contributed by atoms with Gasteiger partial charge in [-0.1, -0.05) is 39.0 Å². The number of carbonyl (C=O) groups excluding carboxylic acids is 4. The molecule has 2 aliphatic heterocycles. The van der Waals surface area contributed by atoms with Crippen molar-refractivity contribution in [2.75, 3.05) is 65.9 Å². The summed E-state index contributed by atoms with van der Waals surface area (Å²) in [5.74, 6) is -0.541. The Balaban J connectivity index is 1.55. The topological polar surface area (TPSA) is 118 Å². The SMILES string of the molecule is CCC(C)(C)C(=O)C(=O)N1CCCC[C@H]1C(=O)O[C@H](CCc1ccc(OC)c(OC)c1)c1cccc(NC(=O)CN2CCN(C)CC2)c1. The van der Waals surface area contributed by atoms with Crippen molar-refractivity contribution in [3.05, 3.63) is 53.6 Å². The van der Waals surface area contributed by atoms with Gasteiger partial charge in [-0.2, -0.15) is 0 Å². The van der Waals surface area contributed by atoms with Crippen molar-refractivity contribution in [2.45, 2.75) is 71.4 Å². The van der Waals surface area contributed by atoms with Crippen LogP contribution >= 0.6 is 0 Å². The number of esters is 1. The van der Waals surface area contributed by atoms with Crippen LogP contribution in [-0.4, -0.2) is 105 Å². The number of hydrogen-bond donors (Lipinski definition) is 1. The van der Waals surface area contributed by atoms with E-state index in [9.17, 15) is 19.2 Å². The Bertz CT molecular complexity index is 1440. The van der Waals surface area contributed by atoms with E-state index in [0.717, 1.165) is 43.7 Å². The molecule has 2 atom stereocenters. The number of hydrogen-bond acceptors (Lipinski definition) is 9. The van der Waals surface area contributed by atoms with E-state index >= 15 is 0 Å². The Morgan fingerprint density at radius 1 is 0.938 bits per heavy atom. The van der Waals surface area contributed by atoms with E-state index in [0.29, 0.717) is 62.4 Å². The average molecular weight is 665 g/mol. The minimum absolute atomic E-state index is 0.105. The molecule has 0 radical (unpaired) electrons. The van der Waals surface area contributed by atoms with Crippen molar-refractivity contribution >= 4 is 29.3 Å². The number of amides is 2. The summed E-state index contributed by atoms with van der Waals surface area (Å²) in [6.45, 7) is 9.52. The summed E-state index contributed by atoms with van der Waals surface area (Å²) in [6.07, 6.45) is 2.71. The van der Waals surface area contributed by atoms with Crippen LogP contribution in [0.15, 0.2) is 42.5 Å². The van der Waals surface area contributed by atoms with Gasteiger partial charge in [0, 0.05) is 43.8 Å². The van der Waals surface area contributed by atoms with Gasteiger partial charge in [0.25, 0.3) is 5.91 Å². The lowest BCUT2D eigenvalue weighted by atomic mass is 9.84. The number of likely N-dealkylation sites (tertiary alicyclic amines) is 1. The Labute approximate surface area is 284 Å². The molecule has 0 unspecified atom stereocenters. The molecule has 2 aromatic rings. The molecule has 4 rings (SSSR count). The fraction of sp³-hybridized carbons (Fsp3) is 0.568. The number of piperazine rings is 1. The maximum atomic E-state index is 13.9. The number of ether oxygens (including phenoxy) is 3. The quantitative estimate of drug-likeness (QED) is 0.230. The highest BCUT2D eigenvalue weighted by molar-refractivity contribution is 6.38. The number of rotatable bonds is 14. The Morgan fingerprint density at radius 3 is 2.35 bits per heavy atom. The van der Waals surface area contributed by atoms with E-state index in [-0.39, 0.29) is 5.91 Å². The zero-order chi connectivity index (χ0) is 34.8. The Hall–Kier alpha value is -3.96. The molecular weight excluding hydrogens is 612 g/mol. The maximum Gasteiger partial charge on any atom is 0.329 e. The van der Waals surface area contributed by atoms with Gasteiger partial charge in [-0.25, -0.2) is 4.79 Å². The Kier molecular flexibility index (Phi) is 13.0. The number of anilines is 1. The normalized spacial score (nSPS) is 18.1. The van der Waals surface area contributed by atoms with Crippen molar-refractivity contribution in [3.8, 4) is 11.5 Å². The number of Topliss-reactive ketones (excluding diaryl/α,β-unsaturated/α-hetero) is 1. The number of nitrogens with zero attached hydrogens (tertiary/aromatic N) is 3. The first kappa shape index (κ1) is 36.9. The predicted molar refractivity (Wildman–Crippen MR) is 184 cm³/mol. The fourth-order valence-electron chi connectivity index (χ4n) is 6.07. The third kappa shape index (κ3) is 9.56. The molecule has 2 saturated heterocycles. The molecule has 11 heteroatoms. The highest BCUT2D eigenvalue weighted by Crippen LogP contribution is 2.32. The number of carbonyl (C=O) groups is 4. The lowest BCUT2D eigenvalue weighted by Crippen LogP contribution is -2.53. The highest BCUT2D eigenvalue weighted by Gasteiger charge is 2.41. The number of benzene rings is 2. The maximum absolute atomic E-state index is 13.9. The summed E-state index contributed by atoms with van der Waals surface area (Å²) in [4.78, 5) is 59.2. The third-order valence-corrected chi connectivity index (χ3v) is 9.64. The van der Waals surface area contributed by atoms with Gasteiger partial charge in [-0.15, -0.1) is 0 Å². The molecule has 0 bridgehead atoms. The number of piperidine rings is 1. The molecule has 2 aliphatic rings. The highest BCUT2D eigenvalue weighted by atomic mass is 16.5. The summed E-state index contributed by atoms with van der Waals surface area (Å²) in [7, 11) is 5.24. The van der Waals surface area contributed by atoms with Gasteiger partial charge >= 0.3 is 5.97 Å². The number of methoxy groups -OCH3 is 2. The molecule has 0 spiro atoms. The van der Waals surface area contributed by atoms with Gasteiger partial charge in [0.1, 0.15) is 12.1 Å². The number of likely N-dealkylation sites (N-methyl/N-ethyl adjacent to an activating group) is 1. The monoisotopic (exact) mass is 664 g/mol. The number of aryl methyl sites for hydroxylation is 1. The zero-order valence-corrected chi connectivity index (χ0v) is 29.4. The molecule has 48 heavy (non-hydrogen) atoms. The van der Waals surface area contributed by atoms with Crippen LogP contribution in [0.5, 0.6) is 11.5 Å². The van der Waals surface area contributed by atoms with Crippen LogP contribution in [0.25, 0.3) is 0 Å². The van der Waals surface area contributed by atoms with Crippen LogP contribution in [0.2, 0.25) is 0 Å². The number of nitrogens with one attached hydrogen (secondary N) is 1. The molecule has 0 aliphatic carbocycles. The van der Waals surface area contributed by atoms with Crippen LogP contribution in [0.1, 0.15) is 70.1 Å². The van der Waals surface area contributed by atoms with Gasteiger partial charge in [0.15, 0.2) is 11.5 Å². The summed E-state index contributed by atoms with van der Waals surface area (Å²) >= 11 is 0. The standard InChI is InChI=1S/C37H52N4O7/c1-7-37(2,3)34(43)35(44)41-18-9-8-13-29(41)36(45)48-30(16-14-26-15-17-31(46-5)32(23-26)47-6)27-11-10-12-28(24-27)38-33(42)25-40-21-19-39(4)20-22-40/h10-12,15,17,23-24,29-30H,7-9,13-14,16,18-22,25H2,1-6H3,(H,38,42)/t29-,30+/m0/s1. The first-order chi connectivity index (χ1) is 22.9. The molecule has 1 N–H and O–H groups in total. The van der Waals surface area contributed by atoms with Gasteiger partial charge < -0.3 is 29.3 Å². The van der Waals surface area contributed by atoms with E-state index in [2.05, 4.69) is 22.2 Å². The van der Waals surface area contributed by atoms with Crippen molar-refractivity contribution in [2.24, 2.45) is 5.41 Å². The van der Waals surface area contributed by atoms with Crippen molar-refractivity contribution in [3.63, 3.8) is 0 Å².